The zero-order chi connectivity index (χ0) is 8.39. The fourth-order valence-electron chi connectivity index (χ4n) is 1.14. The molecule has 0 unspecified atom stereocenters. The number of halogens is 1. The molecule has 1 aromatic rings. The van der Waals surface area contributed by atoms with E-state index in [-0.39, 0.29) is 18.5 Å². The Morgan fingerprint density at radius 3 is 2.92 bits per heavy atom. The number of nitrogens with one attached hydrogen (secondary N) is 1. The van der Waals surface area contributed by atoms with Gasteiger partial charge in [-0.05, 0) is 24.3 Å². The van der Waals surface area contributed by atoms with Gasteiger partial charge in [-0.3, -0.25) is 0 Å². The molecule has 0 spiro atoms. The zero-order valence-electron chi connectivity index (χ0n) is 6.90. The van der Waals surface area contributed by atoms with Crippen LogP contribution in [0.1, 0.15) is 6.42 Å². The molecule has 1 atom stereocenters. The third kappa shape index (κ3) is 2.68. The minimum absolute atomic E-state index is 0. The van der Waals surface area contributed by atoms with Crippen molar-refractivity contribution < 1.29 is 4.74 Å². The van der Waals surface area contributed by atoms with Gasteiger partial charge in [0.15, 0.2) is 0 Å². The number of hydrogen-bond acceptors (Lipinski definition) is 6. The van der Waals surface area contributed by atoms with Crippen molar-refractivity contribution in [3.8, 4) is 5.19 Å². The Kier molecular flexibility index (Phi) is 3.71. The maximum Gasteiger partial charge on any atom is 0.296 e. The topological polar surface area (TPSA) is 73.1 Å². The Balaban J connectivity index is 0.000000845. The molecule has 1 saturated heterocycles. The number of aromatic nitrogens is 2. The van der Waals surface area contributed by atoms with Crippen LogP contribution in [0.25, 0.3) is 0 Å². The Labute approximate surface area is 86.1 Å². The number of rotatable bonds is 2. The lowest BCUT2D eigenvalue weighted by Crippen LogP contribution is -2.19. The van der Waals surface area contributed by atoms with E-state index >= 15 is 0 Å². The largest absolute Gasteiger partial charge is 0.464 e. The van der Waals surface area contributed by atoms with Gasteiger partial charge in [0.05, 0.1) is 0 Å². The van der Waals surface area contributed by atoms with E-state index in [4.69, 9.17) is 10.5 Å². The predicted octanol–water partition coefficient (Wildman–Crippen LogP) is 0.283. The van der Waals surface area contributed by atoms with Gasteiger partial charge in [-0.1, -0.05) is 5.10 Å². The fourth-order valence-corrected chi connectivity index (χ4v) is 1.67. The second-order valence-electron chi connectivity index (χ2n) is 2.64. The molecule has 2 rings (SSSR count). The van der Waals surface area contributed by atoms with E-state index < -0.39 is 0 Å². The van der Waals surface area contributed by atoms with Gasteiger partial charge in [0, 0.05) is 6.54 Å². The first-order valence-electron chi connectivity index (χ1n) is 3.81. The van der Waals surface area contributed by atoms with Crippen molar-refractivity contribution in [1.29, 1.82) is 0 Å². The molecule has 0 aliphatic carbocycles. The zero-order valence-corrected chi connectivity index (χ0v) is 8.53. The number of ether oxygens (including phenoxy) is 1. The number of nitrogen functional groups attached to an aromatic ring is 1. The van der Waals surface area contributed by atoms with Crippen LogP contribution in [0.3, 0.4) is 0 Å². The normalized spacial score (nSPS) is 21.1. The van der Waals surface area contributed by atoms with Gasteiger partial charge < -0.3 is 15.8 Å². The monoisotopic (exact) mass is 222 g/mol. The molecule has 1 aliphatic heterocycles. The van der Waals surface area contributed by atoms with Crippen LogP contribution in [-0.2, 0) is 0 Å². The van der Waals surface area contributed by atoms with Gasteiger partial charge >= 0.3 is 0 Å². The number of nitrogens with two attached hydrogens (primary N) is 1. The van der Waals surface area contributed by atoms with E-state index in [9.17, 15) is 0 Å². The molecule has 0 saturated carbocycles. The van der Waals surface area contributed by atoms with E-state index in [0.29, 0.717) is 10.3 Å². The average molecular weight is 223 g/mol. The van der Waals surface area contributed by atoms with Crippen molar-refractivity contribution >= 4 is 28.9 Å². The minimum Gasteiger partial charge on any atom is -0.464 e. The molecule has 1 aromatic heterocycles. The third-order valence-corrected chi connectivity index (χ3v) is 2.35. The van der Waals surface area contributed by atoms with Gasteiger partial charge in [0.1, 0.15) is 6.10 Å². The number of hydrogen-bond donors (Lipinski definition) is 2. The number of anilines is 1. The first-order chi connectivity index (χ1) is 5.84. The van der Waals surface area contributed by atoms with E-state index in [2.05, 4.69) is 15.5 Å². The molecule has 1 aliphatic rings. The second-order valence-corrected chi connectivity index (χ2v) is 3.61. The highest BCUT2D eigenvalue weighted by Crippen LogP contribution is 2.21. The van der Waals surface area contributed by atoms with E-state index in [0.717, 1.165) is 19.5 Å². The van der Waals surface area contributed by atoms with Crippen LogP contribution in [-0.4, -0.2) is 29.4 Å². The van der Waals surface area contributed by atoms with Gasteiger partial charge in [-0.25, -0.2) is 0 Å². The highest BCUT2D eigenvalue weighted by molar-refractivity contribution is 7.16. The molecule has 7 heteroatoms. The quantitative estimate of drug-likeness (QED) is 0.752. The molecule has 0 bridgehead atoms. The summed E-state index contributed by atoms with van der Waals surface area (Å²) in [5.41, 5.74) is 5.40. The summed E-state index contributed by atoms with van der Waals surface area (Å²) in [5.74, 6) is 0. The molecule has 0 radical (unpaired) electrons. The highest BCUT2D eigenvalue weighted by Gasteiger charge is 2.17. The van der Waals surface area contributed by atoms with Gasteiger partial charge in [0.2, 0.25) is 5.13 Å². The number of nitrogens with zero attached hydrogens (tertiary/aromatic N) is 2. The first kappa shape index (κ1) is 10.5. The summed E-state index contributed by atoms with van der Waals surface area (Å²) in [6.07, 6.45) is 1.26. The van der Waals surface area contributed by atoms with Gasteiger partial charge in [-0.2, -0.15) is 0 Å². The molecule has 1 fully saturated rings. The predicted molar refractivity (Wildman–Crippen MR) is 53.5 cm³/mol. The smallest absolute Gasteiger partial charge is 0.296 e. The summed E-state index contributed by atoms with van der Waals surface area (Å²) in [4.78, 5) is 0. The highest BCUT2D eigenvalue weighted by atomic mass is 35.5. The lowest BCUT2D eigenvalue weighted by molar-refractivity contribution is 0.220. The SMILES string of the molecule is Cl.Nc1nnc(O[C@@H]2CCNC2)s1. The van der Waals surface area contributed by atoms with Crippen LogP contribution in [0.4, 0.5) is 5.13 Å². The van der Waals surface area contributed by atoms with Crippen LogP contribution in [0.15, 0.2) is 0 Å². The Morgan fingerprint density at radius 1 is 1.54 bits per heavy atom. The molecule has 13 heavy (non-hydrogen) atoms. The average Bonchev–Trinajstić information content (AvgIpc) is 2.63. The maximum atomic E-state index is 5.50. The molecular weight excluding hydrogens is 212 g/mol. The van der Waals surface area contributed by atoms with Crippen molar-refractivity contribution in [2.75, 3.05) is 18.8 Å². The molecule has 2 heterocycles. The fraction of sp³-hybridized carbons (Fsp3) is 0.667. The summed E-state index contributed by atoms with van der Waals surface area (Å²) >= 11 is 1.28. The van der Waals surface area contributed by atoms with Crippen LogP contribution < -0.4 is 15.8 Å². The van der Waals surface area contributed by atoms with Gasteiger partial charge in [-0.15, -0.1) is 17.5 Å². The molecule has 5 nitrogen and oxygen atoms in total. The lowest BCUT2D eigenvalue weighted by atomic mass is 10.3. The Bertz CT molecular complexity index is 263. The van der Waals surface area contributed by atoms with Crippen LogP contribution in [0, 0.1) is 0 Å². The summed E-state index contributed by atoms with van der Waals surface area (Å²) in [7, 11) is 0. The Morgan fingerprint density at radius 2 is 2.38 bits per heavy atom. The molecule has 0 aromatic carbocycles. The lowest BCUT2D eigenvalue weighted by Gasteiger charge is -2.06. The third-order valence-electron chi connectivity index (χ3n) is 1.70. The van der Waals surface area contributed by atoms with Crippen molar-refractivity contribution in [3.05, 3.63) is 0 Å². The van der Waals surface area contributed by atoms with Crippen LogP contribution in [0.5, 0.6) is 5.19 Å². The van der Waals surface area contributed by atoms with Crippen LogP contribution >= 0.6 is 23.7 Å². The molecule has 74 valence electrons. The standard InChI is InChI=1S/C6H10N4OS.ClH/c7-5-9-10-6(12-5)11-4-1-2-8-3-4;/h4,8H,1-3H2,(H2,7,9);1H/t4-;/m1./s1. The first-order valence-corrected chi connectivity index (χ1v) is 4.62. The van der Waals surface area contributed by atoms with Crippen molar-refractivity contribution in [1.82, 2.24) is 15.5 Å². The summed E-state index contributed by atoms with van der Waals surface area (Å²) in [6.45, 7) is 1.90. The summed E-state index contributed by atoms with van der Waals surface area (Å²) in [6, 6.07) is 0. The van der Waals surface area contributed by atoms with Crippen molar-refractivity contribution in [2.45, 2.75) is 12.5 Å². The van der Waals surface area contributed by atoms with E-state index in [1.807, 2.05) is 0 Å². The minimum atomic E-state index is 0. The molecular formula is C6H11ClN4OS. The Hall–Kier alpha value is -0.590. The summed E-state index contributed by atoms with van der Waals surface area (Å²) < 4.78 is 5.50. The van der Waals surface area contributed by atoms with Gasteiger partial charge in [0.25, 0.3) is 5.19 Å². The maximum absolute atomic E-state index is 5.50. The molecule has 0 amide bonds. The van der Waals surface area contributed by atoms with Crippen molar-refractivity contribution in [3.63, 3.8) is 0 Å². The van der Waals surface area contributed by atoms with E-state index in [1.165, 1.54) is 11.3 Å². The molecule has 3 N–H and O–H groups in total. The van der Waals surface area contributed by atoms with Crippen LogP contribution in [0.2, 0.25) is 0 Å². The van der Waals surface area contributed by atoms with E-state index in [1.54, 1.807) is 0 Å². The van der Waals surface area contributed by atoms with Crippen molar-refractivity contribution in [2.24, 2.45) is 0 Å². The second kappa shape index (κ2) is 4.59. The summed E-state index contributed by atoms with van der Waals surface area (Å²) in [5, 5.41) is 11.7.